The summed E-state index contributed by atoms with van der Waals surface area (Å²) in [6, 6.07) is 5.68. The second kappa shape index (κ2) is 3.85. The van der Waals surface area contributed by atoms with E-state index in [4.69, 9.17) is 0 Å². The molecule has 0 aliphatic rings. The van der Waals surface area contributed by atoms with Gasteiger partial charge in [-0.2, -0.15) is 0 Å². The van der Waals surface area contributed by atoms with E-state index in [-0.39, 0.29) is 6.29 Å². The summed E-state index contributed by atoms with van der Waals surface area (Å²) < 4.78 is 0. The molecule has 1 rings (SSSR count). The number of nitrogens with one attached hydrogen (secondary N) is 1. The molecule has 0 heterocycles. The van der Waals surface area contributed by atoms with Crippen molar-refractivity contribution in [2.24, 2.45) is 0 Å². The first-order valence-electron chi connectivity index (χ1n) is 3.97. The first-order valence-corrected chi connectivity index (χ1v) is 3.97. The second-order valence-corrected chi connectivity index (χ2v) is 2.93. The first kappa shape index (κ1) is 9.45. The Balaban J connectivity index is 2.93. The molecule has 0 fully saturated rings. The van der Waals surface area contributed by atoms with Crippen molar-refractivity contribution in [1.29, 1.82) is 0 Å². The molecule has 0 aromatic heterocycles. The molecule has 3 heteroatoms. The molecule has 0 radical (unpaired) electrons. The van der Waals surface area contributed by atoms with Crippen LogP contribution in [0.25, 0.3) is 0 Å². The van der Waals surface area contributed by atoms with Gasteiger partial charge >= 0.3 is 0 Å². The van der Waals surface area contributed by atoms with Crippen molar-refractivity contribution in [2.45, 2.75) is 13.8 Å². The van der Waals surface area contributed by atoms with E-state index < -0.39 is 5.91 Å². The van der Waals surface area contributed by atoms with Crippen LogP contribution in [0.4, 0.5) is 5.69 Å². The van der Waals surface area contributed by atoms with Crippen LogP contribution >= 0.6 is 0 Å². The van der Waals surface area contributed by atoms with Gasteiger partial charge < -0.3 is 5.32 Å². The van der Waals surface area contributed by atoms with E-state index in [0.717, 1.165) is 11.1 Å². The third-order valence-corrected chi connectivity index (χ3v) is 1.76. The molecule has 0 atom stereocenters. The normalized spacial score (nSPS) is 9.38. The van der Waals surface area contributed by atoms with E-state index >= 15 is 0 Å². The number of anilines is 1. The molecule has 0 aliphatic carbocycles. The van der Waals surface area contributed by atoms with Crippen LogP contribution in [0.3, 0.4) is 0 Å². The Hall–Kier alpha value is -1.64. The minimum Gasteiger partial charge on any atom is -0.319 e. The number of hydrogen-bond donors (Lipinski definition) is 1. The van der Waals surface area contributed by atoms with Gasteiger partial charge in [-0.15, -0.1) is 0 Å². The molecule has 0 bridgehead atoms. The van der Waals surface area contributed by atoms with Crippen molar-refractivity contribution < 1.29 is 9.59 Å². The zero-order chi connectivity index (χ0) is 9.84. The van der Waals surface area contributed by atoms with Crippen molar-refractivity contribution in [3.8, 4) is 0 Å². The van der Waals surface area contributed by atoms with Crippen molar-refractivity contribution in [3.05, 3.63) is 29.3 Å². The molecule has 1 N–H and O–H groups in total. The quantitative estimate of drug-likeness (QED) is 0.548. The van der Waals surface area contributed by atoms with E-state index in [1.54, 1.807) is 0 Å². The van der Waals surface area contributed by atoms with Crippen LogP contribution in [-0.2, 0) is 9.59 Å². The maximum atomic E-state index is 10.8. The summed E-state index contributed by atoms with van der Waals surface area (Å²) in [5.41, 5.74) is 2.68. The molecule has 1 aromatic carbocycles. The number of hydrogen-bond acceptors (Lipinski definition) is 2. The fraction of sp³-hybridized carbons (Fsp3) is 0.200. The second-order valence-electron chi connectivity index (χ2n) is 2.93. The van der Waals surface area contributed by atoms with E-state index in [1.807, 2.05) is 32.0 Å². The number of carbonyl (C=O) groups is 2. The molecular weight excluding hydrogens is 166 g/mol. The van der Waals surface area contributed by atoms with Crippen molar-refractivity contribution in [1.82, 2.24) is 0 Å². The Morgan fingerprint density at radius 3 is 2.69 bits per heavy atom. The van der Waals surface area contributed by atoms with Gasteiger partial charge in [-0.3, -0.25) is 9.59 Å². The van der Waals surface area contributed by atoms with Gasteiger partial charge in [0.25, 0.3) is 5.91 Å². The highest BCUT2D eigenvalue weighted by Gasteiger charge is 2.02. The van der Waals surface area contributed by atoms with E-state index in [9.17, 15) is 9.59 Å². The molecule has 1 aromatic rings. The lowest BCUT2D eigenvalue weighted by Gasteiger charge is -2.05. The van der Waals surface area contributed by atoms with E-state index in [0.29, 0.717) is 5.69 Å². The SMILES string of the molecule is Cc1ccc(C)c(NC(=O)C=O)c1. The largest absolute Gasteiger partial charge is 0.319 e. The number of amides is 1. The van der Waals surface area contributed by atoms with E-state index in [2.05, 4.69) is 5.32 Å². The molecule has 0 spiro atoms. The highest BCUT2D eigenvalue weighted by atomic mass is 16.2. The number of rotatable bonds is 2. The van der Waals surface area contributed by atoms with Gasteiger partial charge in [-0.05, 0) is 31.0 Å². The Kier molecular flexibility index (Phi) is 2.80. The van der Waals surface area contributed by atoms with Gasteiger partial charge in [0.2, 0.25) is 6.29 Å². The van der Waals surface area contributed by atoms with Crippen LogP contribution < -0.4 is 5.32 Å². The molecule has 0 saturated carbocycles. The zero-order valence-corrected chi connectivity index (χ0v) is 7.63. The summed E-state index contributed by atoms with van der Waals surface area (Å²) in [7, 11) is 0. The average Bonchev–Trinajstić information content (AvgIpc) is 2.11. The van der Waals surface area contributed by atoms with Gasteiger partial charge in [0.1, 0.15) is 0 Å². The van der Waals surface area contributed by atoms with E-state index in [1.165, 1.54) is 0 Å². The molecule has 0 saturated heterocycles. The van der Waals surface area contributed by atoms with Gasteiger partial charge in [0.05, 0.1) is 0 Å². The highest BCUT2D eigenvalue weighted by Crippen LogP contribution is 2.15. The Labute approximate surface area is 76.8 Å². The summed E-state index contributed by atoms with van der Waals surface area (Å²) >= 11 is 0. The van der Waals surface area contributed by atoms with Crippen molar-refractivity contribution >= 4 is 17.9 Å². The number of carbonyl (C=O) groups excluding carboxylic acids is 2. The average molecular weight is 177 g/mol. The molecule has 0 aliphatic heterocycles. The highest BCUT2D eigenvalue weighted by molar-refractivity contribution is 6.29. The topological polar surface area (TPSA) is 46.2 Å². The molecule has 13 heavy (non-hydrogen) atoms. The van der Waals surface area contributed by atoms with Gasteiger partial charge in [0.15, 0.2) is 0 Å². The molecule has 68 valence electrons. The summed E-state index contributed by atoms with van der Waals surface area (Å²) in [5, 5.41) is 2.49. The molecular formula is C10H11NO2. The third kappa shape index (κ3) is 2.40. The molecule has 0 unspecified atom stereocenters. The maximum absolute atomic E-state index is 10.8. The lowest BCUT2D eigenvalue weighted by atomic mass is 10.1. The van der Waals surface area contributed by atoms with Crippen LogP contribution in [0.2, 0.25) is 0 Å². The lowest BCUT2D eigenvalue weighted by Crippen LogP contribution is -2.13. The standard InChI is InChI=1S/C10H11NO2/c1-7-3-4-8(2)9(5-7)11-10(13)6-12/h3-6H,1-2H3,(H,11,13). The van der Waals surface area contributed by atoms with Crippen LogP contribution in [-0.4, -0.2) is 12.2 Å². The Morgan fingerprint density at radius 2 is 2.08 bits per heavy atom. The number of aryl methyl sites for hydroxylation is 2. The molecule has 3 nitrogen and oxygen atoms in total. The monoisotopic (exact) mass is 177 g/mol. The van der Waals surface area contributed by atoms with Gasteiger partial charge in [0, 0.05) is 5.69 Å². The summed E-state index contributed by atoms with van der Waals surface area (Å²) in [6.45, 7) is 3.80. The van der Waals surface area contributed by atoms with Crippen LogP contribution in [0, 0.1) is 13.8 Å². The molecule has 1 amide bonds. The minimum atomic E-state index is -0.617. The van der Waals surface area contributed by atoms with Crippen molar-refractivity contribution in [2.75, 3.05) is 5.32 Å². The number of aldehydes is 1. The van der Waals surface area contributed by atoms with Crippen LogP contribution in [0.1, 0.15) is 11.1 Å². The first-order chi connectivity index (χ1) is 6.13. The Morgan fingerprint density at radius 1 is 1.38 bits per heavy atom. The van der Waals surface area contributed by atoms with Crippen LogP contribution in [0.5, 0.6) is 0 Å². The van der Waals surface area contributed by atoms with Crippen molar-refractivity contribution in [3.63, 3.8) is 0 Å². The van der Waals surface area contributed by atoms with Gasteiger partial charge in [-0.1, -0.05) is 12.1 Å². The summed E-state index contributed by atoms with van der Waals surface area (Å²) in [5.74, 6) is -0.617. The number of benzene rings is 1. The summed E-state index contributed by atoms with van der Waals surface area (Å²) in [6.07, 6.45) is 0.266. The summed E-state index contributed by atoms with van der Waals surface area (Å²) in [4.78, 5) is 20.9. The predicted molar refractivity (Wildman–Crippen MR) is 50.6 cm³/mol. The minimum absolute atomic E-state index is 0.266. The smallest absolute Gasteiger partial charge is 0.288 e. The maximum Gasteiger partial charge on any atom is 0.288 e. The Bertz CT molecular complexity index is 345. The fourth-order valence-corrected chi connectivity index (χ4v) is 1.03. The third-order valence-electron chi connectivity index (χ3n) is 1.76. The fourth-order valence-electron chi connectivity index (χ4n) is 1.03. The van der Waals surface area contributed by atoms with Gasteiger partial charge in [-0.25, -0.2) is 0 Å². The zero-order valence-electron chi connectivity index (χ0n) is 7.63. The predicted octanol–water partition coefficient (Wildman–Crippen LogP) is 1.44. The lowest BCUT2D eigenvalue weighted by molar-refractivity contribution is -0.127. The van der Waals surface area contributed by atoms with Crippen LogP contribution in [0.15, 0.2) is 18.2 Å².